The van der Waals surface area contributed by atoms with Gasteiger partial charge >= 0.3 is 0 Å². The van der Waals surface area contributed by atoms with Gasteiger partial charge in [-0.05, 0) is 38.6 Å². The first-order valence-corrected chi connectivity index (χ1v) is 8.15. The van der Waals surface area contributed by atoms with Crippen molar-refractivity contribution in [1.29, 1.82) is 0 Å². The summed E-state index contributed by atoms with van der Waals surface area (Å²) in [5.41, 5.74) is 2.33. The minimum absolute atomic E-state index is 0.662. The van der Waals surface area contributed by atoms with Gasteiger partial charge in [-0.1, -0.05) is 12.1 Å². The number of nitrogens with zero attached hydrogens (tertiary/aromatic N) is 6. The molecular formula is C17H24N6. The second-order valence-electron chi connectivity index (χ2n) is 5.99. The van der Waals surface area contributed by atoms with E-state index in [1.807, 2.05) is 0 Å². The lowest BCUT2D eigenvalue weighted by Crippen LogP contribution is -2.45. The molecular weight excluding hydrogens is 288 g/mol. The standard InChI is InChI=1S/C17H24N6/c1-4-23(15-7-5-6-14(2)12-15)17-19-16(13-18-20-17)22-10-8-21(3)9-11-22/h5-7,12-13H,4,8-11H2,1-3H3. The normalized spacial score (nSPS) is 15.7. The number of anilines is 3. The number of hydrogen-bond donors (Lipinski definition) is 0. The Balaban J connectivity index is 1.85. The van der Waals surface area contributed by atoms with E-state index in [9.17, 15) is 0 Å². The summed E-state index contributed by atoms with van der Waals surface area (Å²) in [6, 6.07) is 8.39. The molecule has 122 valence electrons. The Bertz CT molecular complexity index is 651. The fraction of sp³-hybridized carbons (Fsp3) is 0.471. The molecule has 0 spiro atoms. The highest BCUT2D eigenvalue weighted by molar-refractivity contribution is 5.58. The summed E-state index contributed by atoms with van der Waals surface area (Å²) in [5, 5.41) is 8.44. The van der Waals surface area contributed by atoms with E-state index >= 15 is 0 Å². The van der Waals surface area contributed by atoms with Crippen LogP contribution < -0.4 is 9.80 Å². The summed E-state index contributed by atoms with van der Waals surface area (Å²) < 4.78 is 0. The van der Waals surface area contributed by atoms with Crippen LogP contribution in [0, 0.1) is 6.92 Å². The van der Waals surface area contributed by atoms with Crippen LogP contribution in [-0.2, 0) is 0 Å². The van der Waals surface area contributed by atoms with Crippen LogP contribution in [0.25, 0.3) is 0 Å². The van der Waals surface area contributed by atoms with Crippen molar-refractivity contribution in [2.24, 2.45) is 0 Å². The lowest BCUT2D eigenvalue weighted by Gasteiger charge is -2.33. The van der Waals surface area contributed by atoms with Crippen molar-refractivity contribution in [3.05, 3.63) is 36.0 Å². The van der Waals surface area contributed by atoms with E-state index in [1.165, 1.54) is 5.56 Å². The molecule has 23 heavy (non-hydrogen) atoms. The van der Waals surface area contributed by atoms with Crippen LogP contribution in [0.2, 0.25) is 0 Å². The second-order valence-corrected chi connectivity index (χ2v) is 5.99. The number of aryl methyl sites for hydroxylation is 1. The third-order valence-electron chi connectivity index (χ3n) is 4.23. The van der Waals surface area contributed by atoms with Crippen LogP contribution in [0.1, 0.15) is 12.5 Å². The average molecular weight is 312 g/mol. The molecule has 0 unspecified atom stereocenters. The van der Waals surface area contributed by atoms with Crippen LogP contribution in [-0.4, -0.2) is 59.9 Å². The fourth-order valence-corrected chi connectivity index (χ4v) is 2.82. The Morgan fingerprint density at radius 1 is 1.17 bits per heavy atom. The molecule has 1 aliphatic heterocycles. The number of likely N-dealkylation sites (N-methyl/N-ethyl adjacent to an activating group) is 1. The van der Waals surface area contributed by atoms with Gasteiger partial charge in [-0.25, -0.2) is 0 Å². The summed E-state index contributed by atoms with van der Waals surface area (Å²) in [6.07, 6.45) is 1.76. The van der Waals surface area contributed by atoms with Gasteiger partial charge in [0.1, 0.15) is 0 Å². The van der Waals surface area contributed by atoms with Crippen LogP contribution in [0.4, 0.5) is 17.5 Å². The summed E-state index contributed by atoms with van der Waals surface area (Å²) in [6.45, 7) is 9.06. The number of benzene rings is 1. The van der Waals surface area contributed by atoms with E-state index in [1.54, 1.807) is 6.20 Å². The molecule has 1 saturated heterocycles. The number of aromatic nitrogens is 3. The molecule has 6 heteroatoms. The van der Waals surface area contributed by atoms with Gasteiger partial charge in [-0.2, -0.15) is 10.1 Å². The maximum atomic E-state index is 4.76. The van der Waals surface area contributed by atoms with Crippen molar-refractivity contribution in [1.82, 2.24) is 20.1 Å². The first kappa shape index (κ1) is 15.7. The largest absolute Gasteiger partial charge is 0.353 e. The Morgan fingerprint density at radius 2 is 1.96 bits per heavy atom. The molecule has 2 aromatic rings. The molecule has 0 N–H and O–H groups in total. The summed E-state index contributed by atoms with van der Waals surface area (Å²) in [7, 11) is 2.15. The van der Waals surface area contributed by atoms with Gasteiger partial charge in [-0.15, -0.1) is 5.10 Å². The van der Waals surface area contributed by atoms with Gasteiger partial charge in [0, 0.05) is 38.4 Å². The van der Waals surface area contributed by atoms with Crippen LogP contribution in [0.15, 0.2) is 30.5 Å². The van der Waals surface area contributed by atoms with E-state index < -0.39 is 0 Å². The highest BCUT2D eigenvalue weighted by Crippen LogP contribution is 2.24. The molecule has 3 rings (SSSR count). The maximum Gasteiger partial charge on any atom is 0.251 e. The molecule has 0 amide bonds. The molecule has 1 aromatic carbocycles. The first-order valence-electron chi connectivity index (χ1n) is 8.15. The van der Waals surface area contributed by atoms with E-state index in [0.717, 1.165) is 44.2 Å². The number of piperazine rings is 1. The Kier molecular flexibility index (Phi) is 4.71. The summed E-state index contributed by atoms with van der Waals surface area (Å²) in [4.78, 5) is 11.5. The third-order valence-corrected chi connectivity index (χ3v) is 4.23. The molecule has 0 aliphatic carbocycles. The van der Waals surface area contributed by atoms with Gasteiger partial charge in [0.15, 0.2) is 5.82 Å². The first-order chi connectivity index (χ1) is 11.2. The topological polar surface area (TPSA) is 48.4 Å². The predicted octanol–water partition coefficient (Wildman–Crippen LogP) is 2.09. The molecule has 1 fully saturated rings. The maximum absolute atomic E-state index is 4.76. The monoisotopic (exact) mass is 312 g/mol. The van der Waals surface area contributed by atoms with Crippen molar-refractivity contribution in [3.8, 4) is 0 Å². The molecule has 0 bridgehead atoms. The molecule has 6 nitrogen and oxygen atoms in total. The molecule has 0 saturated carbocycles. The van der Waals surface area contributed by atoms with Gasteiger partial charge in [0.25, 0.3) is 5.95 Å². The summed E-state index contributed by atoms with van der Waals surface area (Å²) in [5.74, 6) is 1.57. The molecule has 0 radical (unpaired) electrons. The van der Waals surface area contributed by atoms with Crippen molar-refractivity contribution in [2.45, 2.75) is 13.8 Å². The van der Waals surface area contributed by atoms with Crippen LogP contribution >= 0.6 is 0 Å². The molecule has 1 aliphatic rings. The lowest BCUT2D eigenvalue weighted by molar-refractivity contribution is 0.312. The van der Waals surface area contributed by atoms with E-state index in [-0.39, 0.29) is 0 Å². The zero-order valence-electron chi connectivity index (χ0n) is 14.1. The van der Waals surface area contributed by atoms with Gasteiger partial charge in [0.2, 0.25) is 0 Å². The zero-order chi connectivity index (χ0) is 16.2. The molecule has 0 atom stereocenters. The SMILES string of the molecule is CCN(c1cccc(C)c1)c1nncc(N2CCN(C)CC2)n1. The van der Waals surface area contributed by atoms with Crippen LogP contribution in [0.3, 0.4) is 0 Å². The van der Waals surface area contributed by atoms with Gasteiger partial charge < -0.3 is 14.7 Å². The molecule has 1 aromatic heterocycles. The minimum atomic E-state index is 0.662. The third kappa shape index (κ3) is 3.59. The predicted molar refractivity (Wildman–Crippen MR) is 93.4 cm³/mol. The van der Waals surface area contributed by atoms with Crippen LogP contribution in [0.5, 0.6) is 0 Å². The van der Waals surface area contributed by atoms with E-state index in [0.29, 0.717) is 5.95 Å². The van der Waals surface area contributed by atoms with Crippen molar-refractivity contribution < 1.29 is 0 Å². The fourth-order valence-electron chi connectivity index (χ4n) is 2.82. The Hall–Kier alpha value is -2.21. The quantitative estimate of drug-likeness (QED) is 0.861. The highest BCUT2D eigenvalue weighted by atomic mass is 15.4. The average Bonchev–Trinajstić information content (AvgIpc) is 2.57. The van der Waals surface area contributed by atoms with Gasteiger partial charge in [-0.3, -0.25) is 0 Å². The lowest BCUT2D eigenvalue weighted by atomic mass is 10.2. The highest BCUT2D eigenvalue weighted by Gasteiger charge is 2.18. The minimum Gasteiger partial charge on any atom is -0.353 e. The molecule has 2 heterocycles. The number of rotatable bonds is 4. The van der Waals surface area contributed by atoms with Gasteiger partial charge in [0.05, 0.1) is 6.20 Å². The van der Waals surface area contributed by atoms with E-state index in [2.05, 4.69) is 70.1 Å². The number of hydrogen-bond acceptors (Lipinski definition) is 6. The Labute approximate surface area is 137 Å². The Morgan fingerprint density at radius 3 is 2.65 bits per heavy atom. The summed E-state index contributed by atoms with van der Waals surface area (Å²) >= 11 is 0. The van der Waals surface area contributed by atoms with Crippen molar-refractivity contribution in [3.63, 3.8) is 0 Å². The van der Waals surface area contributed by atoms with Crippen molar-refractivity contribution in [2.75, 3.05) is 49.6 Å². The van der Waals surface area contributed by atoms with E-state index in [4.69, 9.17) is 4.98 Å². The zero-order valence-corrected chi connectivity index (χ0v) is 14.1. The second kappa shape index (κ2) is 6.91. The smallest absolute Gasteiger partial charge is 0.251 e. The van der Waals surface area contributed by atoms with Crippen molar-refractivity contribution >= 4 is 17.5 Å².